The second-order valence-electron chi connectivity index (χ2n) is 6.49. The molecule has 0 N–H and O–H groups in total. The molecule has 6 nitrogen and oxygen atoms in total. The van der Waals surface area contributed by atoms with E-state index in [0.717, 1.165) is 30.8 Å². The number of carbonyl (C=O) groups excluding carboxylic acids is 1. The largest absolute Gasteiger partial charge is 0.374 e. The Labute approximate surface area is 141 Å². The van der Waals surface area contributed by atoms with E-state index in [4.69, 9.17) is 4.74 Å². The lowest BCUT2D eigenvalue weighted by Crippen LogP contribution is -2.55. The summed E-state index contributed by atoms with van der Waals surface area (Å²) in [5.41, 5.74) is 0.916. The Bertz CT molecular complexity index is 726. The van der Waals surface area contributed by atoms with E-state index in [2.05, 4.69) is 10.1 Å². The number of benzene rings is 1. The molecule has 0 bridgehead atoms. The van der Waals surface area contributed by atoms with Gasteiger partial charge < -0.3 is 9.64 Å². The van der Waals surface area contributed by atoms with Gasteiger partial charge in [-0.15, -0.1) is 5.10 Å². The minimum absolute atomic E-state index is 0.0759. The zero-order valence-electron chi connectivity index (χ0n) is 13.9. The summed E-state index contributed by atoms with van der Waals surface area (Å²) in [5, 5.41) is 4.47. The Morgan fingerprint density at radius 3 is 2.83 bits per heavy atom. The minimum atomic E-state index is -0.0759. The van der Waals surface area contributed by atoms with Crippen molar-refractivity contribution < 1.29 is 9.53 Å². The summed E-state index contributed by atoms with van der Waals surface area (Å²) in [4.78, 5) is 19.3. The molecule has 1 amide bonds. The summed E-state index contributed by atoms with van der Waals surface area (Å²) in [7, 11) is 0. The highest BCUT2D eigenvalue weighted by Crippen LogP contribution is 2.29. The minimum Gasteiger partial charge on any atom is -0.374 e. The van der Waals surface area contributed by atoms with Gasteiger partial charge in [0.1, 0.15) is 5.82 Å². The number of nitrogens with zero attached hydrogens (tertiary/aromatic N) is 4. The molecule has 1 aromatic carbocycles. The number of aryl methyl sites for hydroxylation is 1. The Morgan fingerprint density at radius 1 is 1.21 bits per heavy atom. The van der Waals surface area contributed by atoms with Crippen molar-refractivity contribution in [2.45, 2.75) is 44.8 Å². The predicted octanol–water partition coefficient (Wildman–Crippen LogP) is 2.36. The van der Waals surface area contributed by atoms with Crippen molar-refractivity contribution in [1.29, 1.82) is 0 Å². The van der Waals surface area contributed by atoms with E-state index in [1.165, 1.54) is 6.42 Å². The molecule has 24 heavy (non-hydrogen) atoms. The number of hydrogen-bond donors (Lipinski definition) is 0. The monoisotopic (exact) mass is 326 g/mol. The number of hydrogen-bond acceptors (Lipinski definition) is 4. The van der Waals surface area contributed by atoms with Gasteiger partial charge in [-0.25, -0.2) is 9.67 Å². The third kappa shape index (κ3) is 2.71. The molecule has 1 saturated heterocycles. The van der Waals surface area contributed by atoms with Crippen LogP contribution in [0.2, 0.25) is 0 Å². The molecular weight excluding hydrogens is 304 g/mol. The Balaban J connectivity index is 1.60. The maximum Gasteiger partial charge on any atom is 0.293 e. The van der Waals surface area contributed by atoms with Crippen LogP contribution in [0.1, 0.15) is 42.1 Å². The highest BCUT2D eigenvalue weighted by atomic mass is 16.5. The molecule has 0 unspecified atom stereocenters. The third-order valence-corrected chi connectivity index (χ3v) is 4.95. The number of amides is 1. The van der Waals surface area contributed by atoms with E-state index >= 15 is 0 Å². The lowest BCUT2D eigenvalue weighted by atomic mass is 9.90. The molecule has 1 saturated carbocycles. The van der Waals surface area contributed by atoms with Crippen molar-refractivity contribution >= 4 is 5.91 Å². The summed E-state index contributed by atoms with van der Waals surface area (Å²) < 4.78 is 7.58. The van der Waals surface area contributed by atoms with Crippen LogP contribution in [0.5, 0.6) is 0 Å². The van der Waals surface area contributed by atoms with Gasteiger partial charge in [-0.05, 0) is 31.9 Å². The third-order valence-electron chi connectivity index (χ3n) is 4.95. The molecule has 126 valence electrons. The summed E-state index contributed by atoms with van der Waals surface area (Å²) in [6, 6.07) is 9.95. The molecule has 0 radical (unpaired) electrons. The van der Waals surface area contributed by atoms with Crippen molar-refractivity contribution in [3.05, 3.63) is 42.0 Å². The number of ether oxygens (including phenoxy) is 1. The standard InChI is InChI=1S/C18H22N4O2/c1-13-19-17(20-22(13)14-7-3-2-4-8-14)18(23)21-11-12-24-16-10-6-5-9-15(16)21/h2-4,7-8,15-16H,5-6,9-12H2,1H3/t15-,16+/m1/s1. The van der Waals surface area contributed by atoms with Gasteiger partial charge in [-0.2, -0.15) is 0 Å². The van der Waals surface area contributed by atoms with Crippen LogP contribution in [0, 0.1) is 6.92 Å². The average molecular weight is 326 g/mol. The van der Waals surface area contributed by atoms with E-state index in [1.54, 1.807) is 4.68 Å². The quantitative estimate of drug-likeness (QED) is 0.850. The fourth-order valence-electron chi connectivity index (χ4n) is 3.77. The van der Waals surface area contributed by atoms with E-state index in [1.807, 2.05) is 42.2 Å². The fourth-order valence-corrected chi connectivity index (χ4v) is 3.77. The highest BCUT2D eigenvalue weighted by molar-refractivity contribution is 5.90. The molecule has 1 aliphatic heterocycles. The maximum absolute atomic E-state index is 13.0. The normalized spacial score (nSPS) is 23.8. The van der Waals surface area contributed by atoms with Crippen molar-refractivity contribution in [3.8, 4) is 5.69 Å². The number of fused-ring (bicyclic) bond motifs is 1. The van der Waals surface area contributed by atoms with Gasteiger partial charge in [0, 0.05) is 6.54 Å². The number of carbonyl (C=O) groups is 1. The second kappa shape index (κ2) is 6.36. The lowest BCUT2D eigenvalue weighted by molar-refractivity contribution is -0.0755. The summed E-state index contributed by atoms with van der Waals surface area (Å²) in [6.07, 6.45) is 4.56. The molecule has 2 fully saturated rings. The molecule has 2 heterocycles. The van der Waals surface area contributed by atoms with Gasteiger partial charge in [0.2, 0.25) is 5.82 Å². The van der Waals surface area contributed by atoms with Gasteiger partial charge in [-0.1, -0.05) is 31.0 Å². The molecule has 1 aromatic heterocycles. The first-order chi connectivity index (χ1) is 11.7. The molecule has 6 heteroatoms. The van der Waals surface area contributed by atoms with Crippen LogP contribution in [0.25, 0.3) is 5.69 Å². The van der Waals surface area contributed by atoms with Crippen LogP contribution in [-0.4, -0.2) is 50.9 Å². The van der Waals surface area contributed by atoms with E-state index in [0.29, 0.717) is 13.2 Å². The van der Waals surface area contributed by atoms with Crippen LogP contribution in [0.15, 0.2) is 30.3 Å². The highest BCUT2D eigenvalue weighted by Gasteiger charge is 2.38. The molecule has 4 rings (SSSR count). The van der Waals surface area contributed by atoms with Gasteiger partial charge in [0.05, 0.1) is 24.4 Å². The fraction of sp³-hybridized carbons (Fsp3) is 0.500. The smallest absolute Gasteiger partial charge is 0.293 e. The van der Waals surface area contributed by atoms with Crippen LogP contribution in [-0.2, 0) is 4.74 Å². The first-order valence-electron chi connectivity index (χ1n) is 8.66. The van der Waals surface area contributed by atoms with Gasteiger partial charge in [-0.3, -0.25) is 4.79 Å². The van der Waals surface area contributed by atoms with Crippen molar-refractivity contribution in [2.75, 3.05) is 13.2 Å². The van der Waals surface area contributed by atoms with Crippen molar-refractivity contribution in [2.24, 2.45) is 0 Å². The summed E-state index contributed by atoms with van der Waals surface area (Å²) >= 11 is 0. The van der Waals surface area contributed by atoms with Crippen molar-refractivity contribution in [3.63, 3.8) is 0 Å². The molecule has 0 spiro atoms. The summed E-state index contributed by atoms with van der Waals surface area (Å²) in [6.45, 7) is 3.10. The van der Waals surface area contributed by atoms with Crippen LogP contribution >= 0.6 is 0 Å². The first kappa shape index (κ1) is 15.3. The topological polar surface area (TPSA) is 60.3 Å². The zero-order chi connectivity index (χ0) is 16.5. The van der Waals surface area contributed by atoms with Gasteiger partial charge >= 0.3 is 0 Å². The number of aromatic nitrogens is 3. The molecular formula is C18H22N4O2. The SMILES string of the molecule is Cc1nc(C(=O)N2CCO[C@H]3CCCC[C@H]32)nn1-c1ccccc1. The van der Waals surface area contributed by atoms with Crippen LogP contribution in [0.4, 0.5) is 0 Å². The average Bonchev–Trinajstić information content (AvgIpc) is 3.03. The predicted molar refractivity (Wildman–Crippen MR) is 89.1 cm³/mol. The maximum atomic E-state index is 13.0. The number of para-hydroxylation sites is 1. The Kier molecular flexibility index (Phi) is 4.06. The van der Waals surface area contributed by atoms with E-state index < -0.39 is 0 Å². The lowest BCUT2D eigenvalue weighted by Gasteiger charge is -2.43. The second-order valence-corrected chi connectivity index (χ2v) is 6.49. The zero-order valence-corrected chi connectivity index (χ0v) is 13.9. The molecule has 1 aliphatic carbocycles. The molecule has 2 aromatic rings. The Hall–Kier alpha value is -2.21. The van der Waals surface area contributed by atoms with Gasteiger partial charge in [0.15, 0.2) is 0 Å². The molecule has 2 aliphatic rings. The van der Waals surface area contributed by atoms with E-state index in [9.17, 15) is 4.79 Å². The summed E-state index contributed by atoms with van der Waals surface area (Å²) in [5.74, 6) is 0.925. The Morgan fingerprint density at radius 2 is 2.00 bits per heavy atom. The number of rotatable bonds is 2. The molecule has 2 atom stereocenters. The van der Waals surface area contributed by atoms with E-state index in [-0.39, 0.29) is 23.9 Å². The van der Waals surface area contributed by atoms with Crippen LogP contribution in [0.3, 0.4) is 0 Å². The van der Waals surface area contributed by atoms with Crippen LogP contribution < -0.4 is 0 Å². The van der Waals surface area contributed by atoms with Gasteiger partial charge in [0.25, 0.3) is 5.91 Å². The van der Waals surface area contributed by atoms with Crippen molar-refractivity contribution in [1.82, 2.24) is 19.7 Å². The first-order valence-corrected chi connectivity index (χ1v) is 8.66. The number of morpholine rings is 1.